The van der Waals surface area contributed by atoms with Crippen molar-refractivity contribution in [3.63, 3.8) is 0 Å². The summed E-state index contributed by atoms with van der Waals surface area (Å²) >= 11 is 0. The van der Waals surface area contributed by atoms with Crippen molar-refractivity contribution in [1.82, 2.24) is 4.90 Å². The minimum Gasteiger partial charge on any atom is -0.497 e. The van der Waals surface area contributed by atoms with Crippen molar-refractivity contribution in [2.75, 3.05) is 36.6 Å². The molecule has 7 rings (SSSR count). The van der Waals surface area contributed by atoms with Gasteiger partial charge in [0.2, 0.25) is 11.8 Å². The molecule has 3 fully saturated rings. The molecule has 4 aliphatic heterocycles. The first-order chi connectivity index (χ1) is 23.1. The lowest BCUT2D eigenvalue weighted by Gasteiger charge is -2.39. The van der Waals surface area contributed by atoms with Crippen LogP contribution in [0.25, 0.3) is 0 Å². The van der Waals surface area contributed by atoms with Crippen molar-refractivity contribution < 1.29 is 29.0 Å². The average Bonchev–Trinajstić information content (AvgIpc) is 3.75. The Morgan fingerprint density at radius 1 is 1.02 bits per heavy atom. The van der Waals surface area contributed by atoms with Gasteiger partial charge in [0.05, 0.1) is 44.5 Å². The van der Waals surface area contributed by atoms with Crippen molar-refractivity contribution >= 4 is 29.1 Å². The Morgan fingerprint density at radius 3 is 2.40 bits per heavy atom. The fourth-order valence-corrected chi connectivity index (χ4v) is 8.82. The summed E-state index contributed by atoms with van der Waals surface area (Å²) in [4.78, 5) is 46.2. The van der Waals surface area contributed by atoms with E-state index in [0.29, 0.717) is 19.5 Å². The van der Waals surface area contributed by atoms with Gasteiger partial charge in [-0.3, -0.25) is 14.4 Å². The summed E-state index contributed by atoms with van der Waals surface area (Å²) in [5.74, 6) is 0.231. The van der Waals surface area contributed by atoms with Gasteiger partial charge in [0.1, 0.15) is 5.75 Å². The number of aliphatic hydroxyl groups excluding tert-OH is 1. The second-order valence-corrected chi connectivity index (χ2v) is 14.3. The number of amides is 3. The summed E-state index contributed by atoms with van der Waals surface area (Å²) in [5.41, 5.74) is 2.77. The van der Waals surface area contributed by atoms with Crippen molar-refractivity contribution in [3.8, 4) is 5.75 Å². The third-order valence-electron chi connectivity index (χ3n) is 11.5. The van der Waals surface area contributed by atoms with Gasteiger partial charge in [0, 0.05) is 42.6 Å². The van der Waals surface area contributed by atoms with E-state index < -0.39 is 17.1 Å². The van der Waals surface area contributed by atoms with Crippen molar-refractivity contribution in [1.29, 1.82) is 0 Å². The van der Waals surface area contributed by atoms with Crippen LogP contribution in [0.1, 0.15) is 63.1 Å². The van der Waals surface area contributed by atoms with Crippen LogP contribution in [0.5, 0.6) is 5.75 Å². The molecule has 0 saturated carbocycles. The molecule has 48 heavy (non-hydrogen) atoms. The van der Waals surface area contributed by atoms with Crippen molar-refractivity contribution in [3.05, 3.63) is 89.5 Å². The fourth-order valence-electron chi connectivity index (χ4n) is 8.82. The predicted octanol–water partition coefficient (Wildman–Crippen LogP) is 5.18. The van der Waals surface area contributed by atoms with Crippen LogP contribution in [0.3, 0.4) is 0 Å². The molecular formula is C39H45N3O6. The van der Waals surface area contributed by atoms with Gasteiger partial charge >= 0.3 is 0 Å². The van der Waals surface area contributed by atoms with Crippen LogP contribution in [0.4, 0.5) is 11.4 Å². The lowest BCUT2D eigenvalue weighted by Crippen LogP contribution is -2.46. The van der Waals surface area contributed by atoms with Gasteiger partial charge in [-0.1, -0.05) is 63.2 Å². The van der Waals surface area contributed by atoms with E-state index >= 15 is 0 Å². The number of aliphatic hydroxyl groups is 1. The third kappa shape index (κ3) is 5.10. The van der Waals surface area contributed by atoms with E-state index in [9.17, 15) is 19.5 Å². The molecule has 4 heterocycles. The van der Waals surface area contributed by atoms with E-state index in [2.05, 4.69) is 32.9 Å². The van der Waals surface area contributed by atoms with E-state index in [0.717, 1.165) is 53.2 Å². The highest BCUT2D eigenvalue weighted by atomic mass is 16.5. The molecule has 1 spiro atoms. The molecule has 4 aliphatic rings. The zero-order chi connectivity index (χ0) is 33.8. The molecule has 252 valence electrons. The normalized spacial score (nSPS) is 26.7. The highest BCUT2D eigenvalue weighted by molar-refractivity contribution is 6.07. The Balaban J connectivity index is 1.25. The van der Waals surface area contributed by atoms with Crippen LogP contribution in [-0.4, -0.2) is 66.7 Å². The summed E-state index contributed by atoms with van der Waals surface area (Å²) in [5, 5.41) is 9.99. The van der Waals surface area contributed by atoms with E-state index in [1.165, 1.54) is 0 Å². The first-order valence-electron chi connectivity index (χ1n) is 17.1. The molecular weight excluding hydrogens is 606 g/mol. The second kappa shape index (κ2) is 12.3. The van der Waals surface area contributed by atoms with E-state index in [4.69, 9.17) is 9.47 Å². The van der Waals surface area contributed by atoms with Gasteiger partial charge in [-0.15, -0.1) is 0 Å². The van der Waals surface area contributed by atoms with E-state index in [1.807, 2.05) is 65.6 Å². The minimum absolute atomic E-state index is 0.0484. The van der Waals surface area contributed by atoms with Crippen molar-refractivity contribution in [2.24, 2.45) is 11.8 Å². The number of anilines is 2. The molecule has 0 aromatic heterocycles. The molecule has 9 heteroatoms. The van der Waals surface area contributed by atoms with Gasteiger partial charge in [0.15, 0.2) is 5.60 Å². The Bertz CT molecular complexity index is 1710. The lowest BCUT2D eigenvalue weighted by atomic mass is 9.63. The van der Waals surface area contributed by atoms with Crippen LogP contribution < -0.4 is 14.5 Å². The molecule has 3 aromatic carbocycles. The van der Waals surface area contributed by atoms with Crippen LogP contribution in [0, 0.1) is 11.8 Å². The maximum Gasteiger partial charge on any atom is 0.264 e. The maximum absolute atomic E-state index is 15.0. The van der Waals surface area contributed by atoms with Crippen LogP contribution in [-0.2, 0) is 36.7 Å². The monoisotopic (exact) mass is 651 g/mol. The Labute approximate surface area is 282 Å². The summed E-state index contributed by atoms with van der Waals surface area (Å²) in [6, 6.07) is 23.5. The van der Waals surface area contributed by atoms with Gasteiger partial charge in [-0.25, -0.2) is 0 Å². The number of fused-ring (bicyclic) bond motifs is 2. The lowest BCUT2D eigenvalue weighted by molar-refractivity contribution is -0.150. The first kappa shape index (κ1) is 32.3. The zero-order valence-corrected chi connectivity index (χ0v) is 28.2. The van der Waals surface area contributed by atoms with Gasteiger partial charge in [-0.2, -0.15) is 0 Å². The number of carbonyl (C=O) groups is 3. The molecule has 3 aromatic rings. The van der Waals surface area contributed by atoms with E-state index in [-0.39, 0.29) is 48.6 Å². The summed E-state index contributed by atoms with van der Waals surface area (Å²) in [7, 11) is 1.65. The molecule has 3 amide bonds. The first-order valence-corrected chi connectivity index (χ1v) is 17.1. The predicted molar refractivity (Wildman–Crippen MR) is 183 cm³/mol. The Hall–Kier alpha value is -4.21. The highest BCUT2D eigenvalue weighted by Gasteiger charge is 2.66. The number of carbonyl (C=O) groups excluding carboxylic acids is 3. The molecule has 0 bridgehead atoms. The average molecular weight is 652 g/mol. The van der Waals surface area contributed by atoms with E-state index in [1.54, 1.807) is 16.9 Å². The topological polar surface area (TPSA) is 99.6 Å². The SMILES string of the molecule is COc1ccc(C(C)(C)[C@@H]2[C@@H](CC(=O)N3CCC[C@H]3CO)O[C@]3(C(=O)N(Cc4ccc(N5CCC5=O)cc4)c4ccccc43)[C@H]2C)cc1. The number of nitrogens with zero attached hydrogens (tertiary/aromatic N) is 3. The molecule has 9 nitrogen and oxygen atoms in total. The number of likely N-dealkylation sites (tertiary alicyclic amines) is 1. The molecule has 0 aliphatic carbocycles. The number of benzene rings is 3. The molecule has 3 saturated heterocycles. The number of hydrogen-bond acceptors (Lipinski definition) is 6. The molecule has 0 radical (unpaired) electrons. The standard InChI is InChI=1S/C39H45N3O6/c1-25-36(38(2,3)27-13-17-30(47-4)18-14-27)33(22-35(45)40-20-7-8-29(40)24-43)48-39(25)31-9-5-6-10-32(31)42(37(39)46)23-26-11-15-28(16-12-26)41-21-19-34(41)44/h5-6,9-18,25,29,33,36,43H,7-8,19-24H2,1-4H3/t25-,29-,33+,36-,39+/m0/s1. The number of β-lactam (4-membered cyclic amide) rings is 1. The molecule has 1 N–H and O–H groups in total. The molecule has 0 unspecified atom stereocenters. The third-order valence-corrected chi connectivity index (χ3v) is 11.5. The largest absolute Gasteiger partial charge is 0.497 e. The quantitative estimate of drug-likeness (QED) is 0.321. The maximum atomic E-state index is 15.0. The summed E-state index contributed by atoms with van der Waals surface area (Å²) < 4.78 is 12.5. The fraction of sp³-hybridized carbons (Fsp3) is 0.462. The number of hydrogen-bond donors (Lipinski definition) is 1. The molecule has 5 atom stereocenters. The zero-order valence-electron chi connectivity index (χ0n) is 28.2. The van der Waals surface area contributed by atoms with Crippen LogP contribution in [0.15, 0.2) is 72.8 Å². The number of para-hydroxylation sites is 1. The van der Waals surface area contributed by atoms with Crippen LogP contribution in [0.2, 0.25) is 0 Å². The highest BCUT2D eigenvalue weighted by Crippen LogP contribution is 2.60. The number of rotatable bonds is 9. The minimum atomic E-state index is -1.28. The second-order valence-electron chi connectivity index (χ2n) is 14.3. The Kier molecular flexibility index (Phi) is 8.32. The summed E-state index contributed by atoms with van der Waals surface area (Å²) in [6.45, 7) is 8.09. The van der Waals surface area contributed by atoms with Gasteiger partial charge in [0.25, 0.3) is 5.91 Å². The van der Waals surface area contributed by atoms with Gasteiger partial charge in [-0.05, 0) is 59.7 Å². The summed E-state index contributed by atoms with van der Waals surface area (Å²) in [6.07, 6.45) is 1.79. The number of methoxy groups -OCH3 is 1. The van der Waals surface area contributed by atoms with Gasteiger partial charge < -0.3 is 29.3 Å². The van der Waals surface area contributed by atoms with Crippen LogP contribution >= 0.6 is 0 Å². The number of ether oxygens (including phenoxy) is 2. The van der Waals surface area contributed by atoms with Crippen molar-refractivity contribution in [2.45, 2.75) is 76.2 Å². The smallest absolute Gasteiger partial charge is 0.264 e. The Morgan fingerprint density at radius 2 is 1.75 bits per heavy atom.